The molecule has 3 rings (SSSR count). The second-order valence-corrected chi connectivity index (χ2v) is 7.33. The van der Waals surface area contributed by atoms with Crippen LogP contribution in [0, 0.1) is 5.82 Å². The fraction of sp³-hybridized carbons (Fsp3) is 0.188. The maximum atomic E-state index is 13.1. The summed E-state index contributed by atoms with van der Waals surface area (Å²) in [5.41, 5.74) is 0.212. The van der Waals surface area contributed by atoms with Crippen LogP contribution in [-0.4, -0.2) is 44.0 Å². The minimum absolute atomic E-state index is 0.0749. The van der Waals surface area contributed by atoms with E-state index in [4.69, 9.17) is 9.84 Å². The lowest BCUT2D eigenvalue weighted by Gasteiger charge is -2.36. The third-order valence-electron chi connectivity index (χ3n) is 3.79. The van der Waals surface area contributed by atoms with Crippen LogP contribution in [-0.2, 0) is 10.0 Å². The first-order valence-electron chi connectivity index (χ1n) is 7.50. The number of aliphatic hydroxyl groups is 1. The minimum Gasteiger partial charge on any atom is -0.489 e. The average molecular weight is 382 g/mol. The van der Waals surface area contributed by atoms with Gasteiger partial charge in [0.05, 0.1) is 17.2 Å². The van der Waals surface area contributed by atoms with Crippen LogP contribution < -0.4 is 14.4 Å². The molecule has 0 saturated carbocycles. The quantitative estimate of drug-likeness (QED) is 0.743. The van der Waals surface area contributed by atoms with Crippen molar-refractivity contribution in [1.29, 1.82) is 0 Å². The van der Waals surface area contributed by atoms with Gasteiger partial charge in [0.25, 0.3) is 10.0 Å². The maximum Gasteiger partial charge on any atom is 0.409 e. The number of fused-ring (bicyclic) bond motifs is 1. The Morgan fingerprint density at radius 1 is 1.27 bits per heavy atom. The molecular weight excluding hydrogens is 367 g/mol. The van der Waals surface area contributed by atoms with Crippen molar-refractivity contribution in [3.63, 3.8) is 0 Å². The number of ether oxygens (including phenoxy) is 1. The summed E-state index contributed by atoms with van der Waals surface area (Å²) in [5, 5.41) is 20.6. The Bertz CT molecular complexity index is 932. The van der Waals surface area contributed by atoms with Crippen molar-refractivity contribution in [2.45, 2.75) is 10.9 Å². The zero-order valence-corrected chi connectivity index (χ0v) is 14.1. The highest BCUT2D eigenvalue weighted by Gasteiger charge is 2.37. The van der Waals surface area contributed by atoms with Crippen LogP contribution in [0.25, 0.3) is 0 Å². The molecule has 2 aromatic carbocycles. The molecule has 1 aliphatic rings. The Morgan fingerprint density at radius 3 is 2.58 bits per heavy atom. The normalized spacial score (nSPS) is 16.5. The second-order valence-electron chi connectivity index (χ2n) is 5.51. The van der Waals surface area contributed by atoms with Crippen molar-refractivity contribution in [1.82, 2.24) is 0 Å². The van der Waals surface area contributed by atoms with E-state index in [1.807, 2.05) is 0 Å². The molecule has 0 bridgehead atoms. The van der Waals surface area contributed by atoms with Gasteiger partial charge in [-0.05, 0) is 42.5 Å². The van der Waals surface area contributed by atoms with Crippen molar-refractivity contribution >= 4 is 27.5 Å². The van der Waals surface area contributed by atoms with E-state index in [2.05, 4.69) is 5.32 Å². The summed E-state index contributed by atoms with van der Waals surface area (Å²) in [7, 11) is -4.15. The van der Waals surface area contributed by atoms with Gasteiger partial charge in [-0.2, -0.15) is 0 Å². The van der Waals surface area contributed by atoms with Crippen LogP contribution in [0.3, 0.4) is 0 Å². The number of carboxylic acid groups (broad SMARTS) is 1. The number of nitrogens with zero attached hydrogens (tertiary/aromatic N) is 1. The molecule has 1 heterocycles. The highest BCUT2D eigenvalue weighted by molar-refractivity contribution is 7.92. The third kappa shape index (κ3) is 3.28. The monoisotopic (exact) mass is 382 g/mol. The number of amides is 1. The van der Waals surface area contributed by atoms with Gasteiger partial charge in [-0.1, -0.05) is 0 Å². The van der Waals surface area contributed by atoms with Crippen molar-refractivity contribution in [2.75, 3.05) is 22.8 Å². The molecule has 1 unspecified atom stereocenters. The molecule has 0 aromatic heterocycles. The molecule has 8 nitrogen and oxygen atoms in total. The summed E-state index contributed by atoms with van der Waals surface area (Å²) < 4.78 is 45.7. The van der Waals surface area contributed by atoms with Crippen LogP contribution in [0.1, 0.15) is 0 Å². The van der Waals surface area contributed by atoms with Gasteiger partial charge in [0.1, 0.15) is 24.2 Å². The molecule has 0 fully saturated rings. The lowest BCUT2D eigenvalue weighted by molar-refractivity contribution is 0.197. The number of aliphatic hydroxyl groups excluding tert-OH is 1. The first-order chi connectivity index (χ1) is 12.3. The molecule has 2 aromatic rings. The number of nitrogens with one attached hydrogen (secondary N) is 1. The number of hydrogen-bond acceptors (Lipinski definition) is 5. The molecule has 1 aliphatic heterocycles. The largest absolute Gasteiger partial charge is 0.489 e. The summed E-state index contributed by atoms with van der Waals surface area (Å²) in [6.45, 7) is -0.605. The standard InChI is InChI=1S/C16H15FN2O6S/c17-10-1-4-13(5-2-10)26(23,24)19-12(8-20)9-25-15-6-3-11(7-14(15)19)18-16(21)22/h1-7,12,18,20H,8-9H2,(H,21,22). The van der Waals surface area contributed by atoms with Crippen molar-refractivity contribution in [3.8, 4) is 5.75 Å². The van der Waals surface area contributed by atoms with Gasteiger partial charge in [-0.25, -0.2) is 17.6 Å². The van der Waals surface area contributed by atoms with Crippen LogP contribution in [0.15, 0.2) is 47.4 Å². The molecule has 0 aliphatic carbocycles. The zero-order chi connectivity index (χ0) is 18.9. The summed E-state index contributed by atoms with van der Waals surface area (Å²) in [4.78, 5) is 10.7. The van der Waals surface area contributed by atoms with Crippen LogP contribution >= 0.6 is 0 Å². The number of halogens is 1. The molecular formula is C16H15FN2O6S. The van der Waals surface area contributed by atoms with Gasteiger partial charge in [0, 0.05) is 5.69 Å². The zero-order valence-electron chi connectivity index (χ0n) is 13.3. The van der Waals surface area contributed by atoms with Gasteiger partial charge >= 0.3 is 6.09 Å². The van der Waals surface area contributed by atoms with Crippen LogP contribution in [0.4, 0.5) is 20.6 Å². The van der Waals surface area contributed by atoms with Crippen molar-refractivity contribution in [3.05, 3.63) is 48.3 Å². The smallest absolute Gasteiger partial charge is 0.409 e. The average Bonchev–Trinajstić information content (AvgIpc) is 2.60. The first kappa shape index (κ1) is 18.0. The number of sulfonamides is 1. The van der Waals surface area contributed by atoms with Gasteiger partial charge in [-0.15, -0.1) is 0 Å². The number of benzene rings is 2. The Morgan fingerprint density at radius 2 is 1.96 bits per heavy atom. The topological polar surface area (TPSA) is 116 Å². The van der Waals surface area contributed by atoms with E-state index in [-0.39, 0.29) is 28.6 Å². The molecule has 138 valence electrons. The molecule has 26 heavy (non-hydrogen) atoms. The van der Waals surface area contributed by atoms with E-state index >= 15 is 0 Å². The fourth-order valence-electron chi connectivity index (χ4n) is 2.64. The van der Waals surface area contributed by atoms with Gasteiger partial charge in [0.2, 0.25) is 0 Å². The number of carbonyl (C=O) groups is 1. The van der Waals surface area contributed by atoms with Crippen LogP contribution in [0.2, 0.25) is 0 Å². The van der Waals surface area contributed by atoms with E-state index in [0.29, 0.717) is 0 Å². The number of anilines is 2. The minimum atomic E-state index is -4.15. The summed E-state index contributed by atoms with van der Waals surface area (Å²) in [6, 6.07) is 7.51. The van der Waals surface area contributed by atoms with E-state index in [0.717, 1.165) is 28.6 Å². The van der Waals surface area contributed by atoms with Gasteiger partial charge in [-0.3, -0.25) is 9.62 Å². The summed E-state index contributed by atoms with van der Waals surface area (Å²) >= 11 is 0. The van der Waals surface area contributed by atoms with E-state index < -0.39 is 34.6 Å². The molecule has 0 saturated heterocycles. The summed E-state index contributed by atoms with van der Waals surface area (Å²) in [5.74, 6) is -0.366. The Labute approximate surface area is 148 Å². The highest BCUT2D eigenvalue weighted by Crippen LogP contribution is 2.39. The predicted octanol–water partition coefficient (Wildman–Crippen LogP) is 1.86. The Balaban J connectivity index is 2.12. The Hall–Kier alpha value is -2.85. The number of rotatable bonds is 4. The lowest BCUT2D eigenvalue weighted by Crippen LogP contribution is -2.48. The Kier molecular flexibility index (Phi) is 4.70. The third-order valence-corrected chi connectivity index (χ3v) is 5.67. The van der Waals surface area contributed by atoms with Crippen molar-refractivity contribution in [2.24, 2.45) is 0 Å². The summed E-state index contributed by atoms with van der Waals surface area (Å²) in [6.07, 6.45) is -1.31. The molecule has 0 spiro atoms. The second kappa shape index (κ2) is 6.81. The van der Waals surface area contributed by atoms with E-state index in [9.17, 15) is 22.7 Å². The van der Waals surface area contributed by atoms with E-state index in [1.54, 1.807) is 0 Å². The maximum absolute atomic E-state index is 13.1. The number of hydrogen-bond donors (Lipinski definition) is 3. The van der Waals surface area contributed by atoms with Gasteiger partial charge in [0.15, 0.2) is 0 Å². The molecule has 1 atom stereocenters. The SMILES string of the molecule is O=C(O)Nc1ccc2c(c1)N(S(=O)(=O)c1ccc(F)cc1)C(CO)CO2. The molecule has 3 N–H and O–H groups in total. The lowest BCUT2D eigenvalue weighted by atomic mass is 10.2. The van der Waals surface area contributed by atoms with Crippen molar-refractivity contribution < 1.29 is 32.6 Å². The predicted molar refractivity (Wildman–Crippen MR) is 90.5 cm³/mol. The van der Waals surface area contributed by atoms with Crippen LogP contribution in [0.5, 0.6) is 5.75 Å². The fourth-order valence-corrected chi connectivity index (χ4v) is 4.26. The first-order valence-corrected chi connectivity index (χ1v) is 8.94. The molecule has 0 radical (unpaired) electrons. The van der Waals surface area contributed by atoms with Gasteiger partial charge < -0.3 is 14.9 Å². The molecule has 1 amide bonds. The van der Waals surface area contributed by atoms with E-state index in [1.165, 1.54) is 18.2 Å². The molecule has 10 heteroatoms. The highest BCUT2D eigenvalue weighted by atomic mass is 32.2.